The summed E-state index contributed by atoms with van der Waals surface area (Å²) in [6, 6.07) is -1.76. The van der Waals surface area contributed by atoms with Crippen molar-refractivity contribution in [2.45, 2.75) is 165 Å². The van der Waals surface area contributed by atoms with Crippen molar-refractivity contribution in [3.05, 3.63) is 0 Å². The van der Waals surface area contributed by atoms with Crippen LogP contribution in [0.2, 0.25) is 0 Å². The first-order chi connectivity index (χ1) is 39.4. The number of ether oxygens (including phenoxy) is 6. The summed E-state index contributed by atoms with van der Waals surface area (Å²) in [4.78, 5) is 133. The smallest absolute Gasteiger partial charge is 0.408 e. The predicted molar refractivity (Wildman–Crippen MR) is 322 cm³/mol. The lowest BCUT2D eigenvalue weighted by Gasteiger charge is -2.34. The number of Topliss-reactive ketones (excluding diaryl/α,β-unsaturated/α-hetero) is 3. The summed E-state index contributed by atoms with van der Waals surface area (Å²) < 4.78 is 31.2. The highest BCUT2D eigenvalue weighted by molar-refractivity contribution is 5.85. The second-order valence-electron chi connectivity index (χ2n) is 26.9. The standard InChI is InChI=1S/C28H51N5O8.C23H44N4O5.C8H13NO4/c1-21(34)17-30-9-10-31(18-22(2)35)12-15-33(20-24(36)40-27(3,4)5)16-14-32(13-11-30)19-23(25(37)38)29-26(39)41-28(6,7)8;1-19(28)16-25-10-8-24-9-11-26(17-20(29)31-22(2,3)4)13-15-27(14-12-25)18-21(30)32-23(5,6)7;1-8(2,3)13-7(11)9-5-4-12-6(5)10/h23H,9-20H2,1-8H3,(H,29,39)(H,37,38);24H,8-18H2,1-7H3;5H,4H2,1-3H3,(H,9,11)/t23-;;5-/m1.1/s1. The van der Waals surface area contributed by atoms with Crippen LogP contribution in [-0.2, 0) is 66.8 Å². The molecule has 2 atom stereocenters. The van der Waals surface area contributed by atoms with E-state index in [-0.39, 0.29) is 81.1 Å². The Morgan fingerprint density at radius 3 is 1.00 bits per heavy atom. The molecule has 0 aromatic rings. The summed E-state index contributed by atoms with van der Waals surface area (Å²) in [6.45, 7) is 42.3. The molecule has 0 aromatic carbocycles. The number of carboxylic acids is 1. The first kappa shape index (κ1) is 78.6. The number of carbonyl (C=O) groups excluding carboxylic acids is 9. The van der Waals surface area contributed by atoms with Gasteiger partial charge < -0.3 is 49.5 Å². The number of cyclic esters (lactones) is 1. The normalized spacial score (nSPS) is 19.1. The van der Waals surface area contributed by atoms with Crippen molar-refractivity contribution < 1.29 is 81.5 Å². The van der Waals surface area contributed by atoms with Gasteiger partial charge in [-0.15, -0.1) is 0 Å². The van der Waals surface area contributed by atoms with Gasteiger partial charge in [0.1, 0.15) is 58.0 Å². The average Bonchev–Trinajstić information content (AvgIpc) is 3.43. The average molecular weight is 1230 g/mol. The number of ketones is 3. The lowest BCUT2D eigenvalue weighted by atomic mass is 10.2. The van der Waals surface area contributed by atoms with E-state index < -0.39 is 64.2 Å². The molecule has 3 aliphatic rings. The summed E-state index contributed by atoms with van der Waals surface area (Å²) >= 11 is 0. The lowest BCUT2D eigenvalue weighted by molar-refractivity contribution is -0.163. The maximum absolute atomic E-state index is 12.7. The Morgan fingerprint density at radius 1 is 0.453 bits per heavy atom. The van der Waals surface area contributed by atoms with Crippen molar-refractivity contribution in [3.8, 4) is 0 Å². The molecule has 0 aromatic heterocycles. The summed E-state index contributed by atoms with van der Waals surface area (Å²) in [5.74, 6) is -2.37. The highest BCUT2D eigenvalue weighted by Crippen LogP contribution is 2.13. The molecular formula is C59H108N10O17. The van der Waals surface area contributed by atoms with E-state index in [0.717, 1.165) is 19.6 Å². The van der Waals surface area contributed by atoms with E-state index in [1.165, 1.54) is 13.8 Å². The highest BCUT2D eigenvalue weighted by Gasteiger charge is 2.34. The van der Waals surface area contributed by atoms with Crippen LogP contribution < -0.4 is 16.0 Å². The third-order valence-corrected chi connectivity index (χ3v) is 12.1. The van der Waals surface area contributed by atoms with Crippen molar-refractivity contribution >= 4 is 59.4 Å². The van der Waals surface area contributed by atoms with E-state index in [1.807, 2.05) is 66.0 Å². The Hall–Kier alpha value is -5.42. The fourth-order valence-electron chi connectivity index (χ4n) is 8.50. The number of nitrogens with zero attached hydrogens (tertiary/aromatic N) is 7. The van der Waals surface area contributed by atoms with E-state index in [9.17, 15) is 53.1 Å². The van der Waals surface area contributed by atoms with Gasteiger partial charge >= 0.3 is 42.0 Å². The Bertz CT molecular complexity index is 2180. The second kappa shape index (κ2) is 37.4. The topological polar surface area (TPSA) is 305 Å². The van der Waals surface area contributed by atoms with E-state index in [2.05, 4.69) is 30.5 Å². The van der Waals surface area contributed by atoms with Crippen LogP contribution in [0.15, 0.2) is 0 Å². The van der Waals surface area contributed by atoms with Crippen LogP contribution >= 0.6 is 0 Å². The first-order valence-corrected chi connectivity index (χ1v) is 29.7. The van der Waals surface area contributed by atoms with Crippen molar-refractivity contribution in [1.82, 2.24) is 50.2 Å². The number of amides is 2. The van der Waals surface area contributed by atoms with Crippen molar-refractivity contribution in [2.75, 3.05) is 157 Å². The molecule has 2 amide bonds. The quantitative estimate of drug-likeness (QED) is 0.119. The van der Waals surface area contributed by atoms with Gasteiger partial charge in [0.05, 0.1) is 39.3 Å². The maximum atomic E-state index is 12.7. The summed E-state index contributed by atoms with van der Waals surface area (Å²) in [5.41, 5.74) is -3.04. The molecule has 4 N–H and O–H groups in total. The van der Waals surface area contributed by atoms with Gasteiger partial charge in [0.2, 0.25) is 0 Å². The molecule has 0 saturated carbocycles. The van der Waals surface area contributed by atoms with Crippen LogP contribution in [0.1, 0.15) is 125 Å². The highest BCUT2D eigenvalue weighted by atomic mass is 16.6. The number of carbonyl (C=O) groups is 10. The summed E-state index contributed by atoms with van der Waals surface area (Å²) in [6.07, 6.45) is -1.41. The van der Waals surface area contributed by atoms with Gasteiger partial charge in [-0.2, -0.15) is 0 Å². The number of esters is 4. The van der Waals surface area contributed by atoms with Crippen LogP contribution in [0.5, 0.6) is 0 Å². The van der Waals surface area contributed by atoms with Crippen LogP contribution in [0.4, 0.5) is 9.59 Å². The molecule has 3 fully saturated rings. The Labute approximate surface area is 511 Å². The van der Waals surface area contributed by atoms with Gasteiger partial charge in [0, 0.05) is 111 Å². The molecule has 0 aliphatic carbocycles. The van der Waals surface area contributed by atoms with Crippen LogP contribution in [-0.4, -0.2) is 296 Å². The zero-order valence-electron chi connectivity index (χ0n) is 55.2. The molecule has 27 nitrogen and oxygen atoms in total. The fraction of sp³-hybridized carbons (Fsp3) is 0.831. The van der Waals surface area contributed by atoms with Crippen molar-refractivity contribution in [3.63, 3.8) is 0 Å². The molecule has 27 heteroatoms. The number of hydrogen-bond acceptors (Lipinski definition) is 24. The minimum absolute atomic E-state index is 0.000280. The summed E-state index contributed by atoms with van der Waals surface area (Å²) in [5, 5.41) is 18.1. The molecule has 496 valence electrons. The van der Waals surface area contributed by atoms with Crippen molar-refractivity contribution in [1.29, 1.82) is 0 Å². The molecule has 0 spiro atoms. The lowest BCUT2D eigenvalue weighted by Crippen LogP contribution is -2.53. The molecule has 3 heterocycles. The Balaban J connectivity index is 0.000000723. The van der Waals surface area contributed by atoms with Gasteiger partial charge in [-0.05, 0) is 125 Å². The van der Waals surface area contributed by atoms with Gasteiger partial charge in [0.15, 0.2) is 6.04 Å². The largest absolute Gasteiger partial charge is 0.480 e. The first-order valence-electron chi connectivity index (χ1n) is 29.7. The van der Waals surface area contributed by atoms with Gasteiger partial charge in [-0.3, -0.25) is 63.1 Å². The maximum Gasteiger partial charge on any atom is 0.408 e. The van der Waals surface area contributed by atoms with E-state index >= 15 is 0 Å². The Morgan fingerprint density at radius 2 is 0.733 bits per heavy atom. The van der Waals surface area contributed by atoms with Gasteiger partial charge in [0.25, 0.3) is 0 Å². The van der Waals surface area contributed by atoms with Crippen LogP contribution in [0.25, 0.3) is 0 Å². The molecule has 0 radical (unpaired) electrons. The van der Waals surface area contributed by atoms with Gasteiger partial charge in [-0.1, -0.05) is 0 Å². The van der Waals surface area contributed by atoms with E-state index in [4.69, 9.17) is 23.7 Å². The summed E-state index contributed by atoms with van der Waals surface area (Å²) in [7, 11) is 0. The molecule has 86 heavy (non-hydrogen) atoms. The Kier molecular flexibility index (Phi) is 34.2. The second-order valence-corrected chi connectivity index (χ2v) is 26.9. The van der Waals surface area contributed by atoms with E-state index in [0.29, 0.717) is 91.6 Å². The number of nitrogens with one attached hydrogen (secondary N) is 3. The zero-order valence-corrected chi connectivity index (χ0v) is 55.2. The van der Waals surface area contributed by atoms with E-state index in [1.54, 1.807) is 69.2 Å². The van der Waals surface area contributed by atoms with Crippen molar-refractivity contribution in [2.24, 2.45) is 0 Å². The third kappa shape index (κ3) is 41.6. The number of aliphatic carboxylic acids is 1. The van der Waals surface area contributed by atoms with Crippen LogP contribution in [0.3, 0.4) is 0 Å². The SMILES string of the molecule is CC(=O)CN1CCN(CC(C)=O)CCN(C[C@@H](NC(=O)OC(C)(C)C)C(=O)O)CCN(CC(=O)OC(C)(C)C)CC1.CC(=O)CN1CCNCCN(CC(=O)OC(C)(C)C)CCN(CC(=O)OC(C)(C)C)CC1.CC(C)(C)OC(=O)N[C@@H]1COC1=O. The number of alkyl carbamates (subject to hydrolysis) is 2. The number of carboxylic acid groups (broad SMARTS) is 1. The number of rotatable bonds is 17. The molecule has 3 saturated heterocycles. The minimum atomic E-state index is -1.23. The zero-order chi connectivity index (χ0) is 65.8. The fourth-order valence-corrected chi connectivity index (χ4v) is 8.50. The predicted octanol–water partition coefficient (Wildman–Crippen LogP) is 1.91. The molecular weight excluding hydrogens is 1120 g/mol. The molecule has 3 aliphatic heterocycles. The molecule has 0 unspecified atom stereocenters. The molecule has 3 rings (SSSR count). The minimum Gasteiger partial charge on any atom is -0.480 e. The molecule has 0 bridgehead atoms. The monoisotopic (exact) mass is 1230 g/mol. The van der Waals surface area contributed by atoms with Gasteiger partial charge in [-0.25, -0.2) is 19.2 Å². The van der Waals surface area contributed by atoms with Crippen LogP contribution in [0, 0.1) is 0 Å². The third-order valence-electron chi connectivity index (χ3n) is 12.1. The number of hydrogen-bond donors (Lipinski definition) is 4.